The number of rotatable bonds is 6. The van der Waals surface area contributed by atoms with Crippen LogP contribution in [0.25, 0.3) is 0 Å². The molecule has 4 rings (SSSR count). The maximum Gasteiger partial charge on any atom is 0.220 e. The standard InChI is InChI=1S/C21H26FNO3/c22-15-7-5-13(6-8-15)17(24)9-10-18(25)23-20-16-11-12-26-21(16)19(20)14-3-1-2-4-14/h5-8,14,16,19-21H,1-4,9-12H2,(H,23,25)/t16-,19+,20-,21-/m0/s1. The van der Waals surface area contributed by atoms with Crippen molar-refractivity contribution in [3.05, 3.63) is 35.6 Å². The Balaban J connectivity index is 1.31. The van der Waals surface area contributed by atoms with Gasteiger partial charge in [-0.3, -0.25) is 9.59 Å². The molecule has 4 atom stereocenters. The molecule has 0 bridgehead atoms. The molecule has 1 heterocycles. The number of ether oxygens (including phenoxy) is 1. The van der Waals surface area contributed by atoms with Crippen LogP contribution in [0.4, 0.5) is 4.39 Å². The highest BCUT2D eigenvalue weighted by Crippen LogP contribution is 2.51. The van der Waals surface area contributed by atoms with Crippen LogP contribution in [-0.4, -0.2) is 30.4 Å². The highest BCUT2D eigenvalue weighted by atomic mass is 19.1. The normalized spacial score (nSPS) is 30.7. The van der Waals surface area contributed by atoms with Gasteiger partial charge in [-0.05, 0) is 36.6 Å². The fourth-order valence-electron chi connectivity index (χ4n) is 5.13. The number of fused-ring (bicyclic) bond motifs is 1. The van der Waals surface area contributed by atoms with Crippen molar-refractivity contribution in [2.75, 3.05) is 6.61 Å². The zero-order valence-electron chi connectivity index (χ0n) is 15.0. The zero-order chi connectivity index (χ0) is 18.1. The molecule has 1 aliphatic heterocycles. The molecule has 1 saturated heterocycles. The molecular weight excluding hydrogens is 333 g/mol. The van der Waals surface area contributed by atoms with Crippen molar-refractivity contribution in [3.63, 3.8) is 0 Å². The van der Waals surface area contributed by atoms with E-state index in [-0.39, 0.29) is 36.4 Å². The van der Waals surface area contributed by atoms with E-state index < -0.39 is 0 Å². The van der Waals surface area contributed by atoms with E-state index in [1.54, 1.807) is 0 Å². The van der Waals surface area contributed by atoms with Crippen LogP contribution in [0, 0.1) is 23.6 Å². The molecule has 1 aromatic carbocycles. The van der Waals surface area contributed by atoms with E-state index in [4.69, 9.17) is 4.74 Å². The quantitative estimate of drug-likeness (QED) is 0.791. The molecule has 0 spiro atoms. The second kappa shape index (κ2) is 7.47. The lowest BCUT2D eigenvalue weighted by Crippen LogP contribution is -2.63. The Labute approximate surface area is 153 Å². The van der Waals surface area contributed by atoms with Gasteiger partial charge in [-0.15, -0.1) is 0 Å². The molecule has 2 aliphatic carbocycles. The smallest absolute Gasteiger partial charge is 0.220 e. The molecule has 26 heavy (non-hydrogen) atoms. The Kier molecular flexibility index (Phi) is 5.07. The molecule has 4 nitrogen and oxygen atoms in total. The molecule has 1 N–H and O–H groups in total. The summed E-state index contributed by atoms with van der Waals surface area (Å²) >= 11 is 0. The monoisotopic (exact) mass is 359 g/mol. The molecule has 2 saturated carbocycles. The van der Waals surface area contributed by atoms with E-state index in [9.17, 15) is 14.0 Å². The van der Waals surface area contributed by atoms with Crippen LogP contribution in [-0.2, 0) is 9.53 Å². The number of benzene rings is 1. The van der Waals surface area contributed by atoms with E-state index in [1.807, 2.05) is 0 Å². The number of halogens is 1. The third-order valence-corrected chi connectivity index (χ3v) is 6.46. The van der Waals surface area contributed by atoms with Gasteiger partial charge in [0, 0.05) is 42.9 Å². The van der Waals surface area contributed by atoms with Gasteiger partial charge >= 0.3 is 0 Å². The molecule has 3 fully saturated rings. The highest BCUT2D eigenvalue weighted by molar-refractivity contribution is 5.97. The van der Waals surface area contributed by atoms with Gasteiger partial charge in [-0.25, -0.2) is 4.39 Å². The Morgan fingerprint density at radius 3 is 2.54 bits per heavy atom. The van der Waals surface area contributed by atoms with Crippen molar-refractivity contribution in [1.29, 1.82) is 0 Å². The van der Waals surface area contributed by atoms with Gasteiger partial charge in [0.15, 0.2) is 5.78 Å². The van der Waals surface area contributed by atoms with E-state index in [0.717, 1.165) is 13.0 Å². The summed E-state index contributed by atoms with van der Waals surface area (Å²) in [5.41, 5.74) is 0.455. The number of ketones is 1. The van der Waals surface area contributed by atoms with E-state index in [0.29, 0.717) is 29.4 Å². The first-order chi connectivity index (χ1) is 12.6. The van der Waals surface area contributed by atoms with Gasteiger partial charge in [0.25, 0.3) is 0 Å². The second-order valence-corrected chi connectivity index (χ2v) is 7.93. The van der Waals surface area contributed by atoms with Crippen molar-refractivity contribution in [2.45, 2.75) is 57.1 Å². The van der Waals surface area contributed by atoms with Crippen LogP contribution in [0.1, 0.15) is 55.3 Å². The maximum absolute atomic E-state index is 12.9. The molecule has 0 radical (unpaired) electrons. The number of hydrogen-bond donors (Lipinski definition) is 1. The van der Waals surface area contributed by atoms with Gasteiger partial charge in [-0.1, -0.05) is 25.7 Å². The Bertz CT molecular complexity index is 664. The van der Waals surface area contributed by atoms with Crippen molar-refractivity contribution in [2.24, 2.45) is 17.8 Å². The van der Waals surface area contributed by atoms with Crippen molar-refractivity contribution in [1.82, 2.24) is 5.32 Å². The molecule has 5 heteroatoms. The summed E-state index contributed by atoms with van der Waals surface area (Å²) in [6.45, 7) is 0.800. The van der Waals surface area contributed by atoms with Gasteiger partial charge in [0.05, 0.1) is 6.10 Å². The van der Waals surface area contributed by atoms with Crippen LogP contribution >= 0.6 is 0 Å². The SMILES string of the molecule is O=C(CCC(=O)c1ccc(F)cc1)N[C@H]1[C@@H]2CCO[C@@H]2[C@@H]1C1CCCC1. The number of Topliss-reactive ketones (excluding diaryl/α,β-unsaturated/α-hetero) is 1. The predicted molar refractivity (Wildman–Crippen MR) is 95.2 cm³/mol. The number of carbonyl (C=O) groups excluding carboxylic acids is 2. The number of hydrogen-bond acceptors (Lipinski definition) is 3. The van der Waals surface area contributed by atoms with Gasteiger partial charge in [-0.2, -0.15) is 0 Å². The molecule has 140 valence electrons. The number of nitrogens with one attached hydrogen (secondary N) is 1. The first-order valence-electron chi connectivity index (χ1n) is 9.83. The van der Waals surface area contributed by atoms with Crippen LogP contribution in [0.5, 0.6) is 0 Å². The van der Waals surface area contributed by atoms with Gasteiger partial charge < -0.3 is 10.1 Å². The van der Waals surface area contributed by atoms with Gasteiger partial charge in [0.1, 0.15) is 5.82 Å². The fourth-order valence-corrected chi connectivity index (χ4v) is 5.13. The first-order valence-corrected chi connectivity index (χ1v) is 9.83. The predicted octanol–water partition coefficient (Wildman–Crippen LogP) is 3.50. The first kappa shape index (κ1) is 17.7. The summed E-state index contributed by atoms with van der Waals surface area (Å²) in [6.07, 6.45) is 6.73. The minimum Gasteiger partial charge on any atom is -0.377 e. The summed E-state index contributed by atoms with van der Waals surface area (Å²) in [4.78, 5) is 24.6. The molecule has 0 unspecified atom stereocenters. The minimum atomic E-state index is -0.365. The summed E-state index contributed by atoms with van der Waals surface area (Å²) < 4.78 is 18.9. The van der Waals surface area contributed by atoms with E-state index in [1.165, 1.54) is 49.9 Å². The zero-order valence-corrected chi connectivity index (χ0v) is 15.0. The van der Waals surface area contributed by atoms with Gasteiger partial charge in [0.2, 0.25) is 5.91 Å². The largest absolute Gasteiger partial charge is 0.377 e. The van der Waals surface area contributed by atoms with Crippen LogP contribution in [0.15, 0.2) is 24.3 Å². The average Bonchev–Trinajstić information content (AvgIpc) is 3.29. The third kappa shape index (κ3) is 3.41. The summed E-state index contributed by atoms with van der Waals surface area (Å²) in [5.74, 6) is 1.01. The summed E-state index contributed by atoms with van der Waals surface area (Å²) in [5, 5.41) is 3.20. The topological polar surface area (TPSA) is 55.4 Å². The second-order valence-electron chi connectivity index (χ2n) is 7.93. The maximum atomic E-state index is 12.9. The highest BCUT2D eigenvalue weighted by Gasteiger charge is 2.56. The molecule has 0 aromatic heterocycles. The lowest BCUT2D eigenvalue weighted by atomic mass is 9.61. The van der Waals surface area contributed by atoms with Crippen LogP contribution < -0.4 is 5.32 Å². The van der Waals surface area contributed by atoms with Crippen LogP contribution in [0.2, 0.25) is 0 Å². The molecular formula is C21H26FNO3. The number of amides is 1. The van der Waals surface area contributed by atoms with E-state index in [2.05, 4.69) is 5.32 Å². The van der Waals surface area contributed by atoms with Crippen molar-refractivity contribution >= 4 is 11.7 Å². The summed E-state index contributed by atoms with van der Waals surface area (Å²) in [6, 6.07) is 5.69. The number of carbonyl (C=O) groups is 2. The average molecular weight is 359 g/mol. The van der Waals surface area contributed by atoms with Crippen LogP contribution in [0.3, 0.4) is 0 Å². The lowest BCUT2D eigenvalue weighted by molar-refractivity contribution is -0.129. The van der Waals surface area contributed by atoms with E-state index >= 15 is 0 Å². The Hall–Kier alpha value is -1.75. The minimum absolute atomic E-state index is 0.0567. The third-order valence-electron chi connectivity index (χ3n) is 6.46. The lowest BCUT2D eigenvalue weighted by Gasteiger charge is -2.50. The van der Waals surface area contributed by atoms with Crippen molar-refractivity contribution in [3.8, 4) is 0 Å². The molecule has 1 amide bonds. The Morgan fingerprint density at radius 2 is 1.81 bits per heavy atom. The fraction of sp³-hybridized carbons (Fsp3) is 0.619. The van der Waals surface area contributed by atoms with Crippen molar-refractivity contribution < 1.29 is 18.7 Å². The molecule has 1 aromatic rings. The summed E-state index contributed by atoms with van der Waals surface area (Å²) in [7, 11) is 0. The molecule has 3 aliphatic rings. The Morgan fingerprint density at radius 1 is 1.08 bits per heavy atom.